The average molecular weight is 387 g/mol. The number of aliphatic hydroxyl groups is 2. The molecule has 1 aliphatic heterocycles. The highest BCUT2D eigenvalue weighted by Gasteiger charge is 2.30. The molecule has 2 N–H and O–H groups in total. The standard InChI is InChI=1S/C12H18Cl3N5O3/c13-12(14,15)9-16-10(19(1-5-21)2-6-22)18-11(17-9)20-3-7-23-8-4-20/h21-22H,1-8H2. The lowest BCUT2D eigenvalue weighted by Gasteiger charge is -2.29. The van der Waals surface area contributed by atoms with Gasteiger partial charge < -0.3 is 24.7 Å². The Morgan fingerprint density at radius 3 is 2.17 bits per heavy atom. The van der Waals surface area contributed by atoms with E-state index in [2.05, 4.69) is 15.0 Å². The molecule has 1 aromatic heterocycles. The molecule has 1 fully saturated rings. The molecule has 0 aromatic carbocycles. The number of aliphatic hydroxyl groups excluding tert-OH is 2. The average Bonchev–Trinajstić information content (AvgIpc) is 2.54. The molecule has 130 valence electrons. The molecule has 0 unspecified atom stereocenters. The van der Waals surface area contributed by atoms with Gasteiger partial charge in [0, 0.05) is 26.2 Å². The summed E-state index contributed by atoms with van der Waals surface area (Å²) in [5, 5.41) is 18.3. The molecule has 0 spiro atoms. The third-order valence-electron chi connectivity index (χ3n) is 3.18. The molecule has 0 atom stereocenters. The predicted octanol–water partition coefficient (Wildman–Crippen LogP) is 0.326. The summed E-state index contributed by atoms with van der Waals surface area (Å²) in [7, 11) is 0. The smallest absolute Gasteiger partial charge is 0.250 e. The summed E-state index contributed by atoms with van der Waals surface area (Å²) in [6.07, 6.45) is 0. The first kappa shape index (κ1) is 18.7. The number of anilines is 2. The van der Waals surface area contributed by atoms with Gasteiger partial charge in [-0.25, -0.2) is 0 Å². The van der Waals surface area contributed by atoms with E-state index in [1.165, 1.54) is 0 Å². The lowest BCUT2D eigenvalue weighted by molar-refractivity contribution is 0.122. The lowest BCUT2D eigenvalue weighted by Crippen LogP contribution is -2.39. The Labute approximate surface area is 149 Å². The number of halogens is 3. The summed E-state index contributed by atoms with van der Waals surface area (Å²) in [6.45, 7) is 2.58. The van der Waals surface area contributed by atoms with Crippen LogP contribution in [0.25, 0.3) is 0 Å². The van der Waals surface area contributed by atoms with Crippen molar-refractivity contribution >= 4 is 46.7 Å². The Balaban J connectivity index is 2.39. The van der Waals surface area contributed by atoms with Crippen LogP contribution in [0, 0.1) is 0 Å². The van der Waals surface area contributed by atoms with Crippen LogP contribution in [-0.4, -0.2) is 77.8 Å². The lowest BCUT2D eigenvalue weighted by atomic mass is 10.4. The van der Waals surface area contributed by atoms with Crippen LogP contribution in [0.3, 0.4) is 0 Å². The summed E-state index contributed by atoms with van der Waals surface area (Å²) in [5.41, 5.74) is 0. The van der Waals surface area contributed by atoms with Gasteiger partial charge in [0.2, 0.25) is 15.7 Å². The highest BCUT2D eigenvalue weighted by atomic mass is 35.6. The fourth-order valence-corrected chi connectivity index (χ4v) is 2.33. The minimum Gasteiger partial charge on any atom is -0.395 e. The SMILES string of the molecule is OCCN(CCO)c1nc(N2CCOCC2)nc(C(Cl)(Cl)Cl)n1. The van der Waals surface area contributed by atoms with E-state index in [0.717, 1.165) is 0 Å². The first-order chi connectivity index (χ1) is 11.0. The van der Waals surface area contributed by atoms with Crippen molar-refractivity contribution in [1.29, 1.82) is 0 Å². The van der Waals surface area contributed by atoms with Gasteiger partial charge in [-0.2, -0.15) is 15.0 Å². The van der Waals surface area contributed by atoms with Crippen LogP contribution < -0.4 is 9.80 Å². The molecular formula is C12H18Cl3N5O3. The quantitative estimate of drug-likeness (QED) is 0.675. The molecule has 1 aliphatic rings. The minimum atomic E-state index is -1.80. The molecule has 0 radical (unpaired) electrons. The number of rotatable bonds is 6. The zero-order valence-corrected chi connectivity index (χ0v) is 14.6. The summed E-state index contributed by atoms with van der Waals surface area (Å²) >= 11 is 17.8. The number of ether oxygens (including phenoxy) is 1. The predicted molar refractivity (Wildman–Crippen MR) is 88.5 cm³/mol. The molecule has 23 heavy (non-hydrogen) atoms. The van der Waals surface area contributed by atoms with Crippen molar-refractivity contribution in [2.45, 2.75) is 3.79 Å². The van der Waals surface area contributed by atoms with Crippen molar-refractivity contribution in [3.63, 3.8) is 0 Å². The van der Waals surface area contributed by atoms with E-state index in [1.807, 2.05) is 4.90 Å². The van der Waals surface area contributed by atoms with E-state index in [-0.39, 0.29) is 38.1 Å². The Morgan fingerprint density at radius 1 is 1.04 bits per heavy atom. The topological polar surface area (TPSA) is 94.8 Å². The van der Waals surface area contributed by atoms with Crippen LogP contribution in [0.15, 0.2) is 0 Å². The summed E-state index contributed by atoms with van der Waals surface area (Å²) < 4.78 is 3.50. The van der Waals surface area contributed by atoms with E-state index in [4.69, 9.17) is 39.5 Å². The first-order valence-corrected chi connectivity index (χ1v) is 8.21. The third-order valence-corrected chi connectivity index (χ3v) is 3.69. The van der Waals surface area contributed by atoms with Gasteiger partial charge in [-0.3, -0.25) is 0 Å². The zero-order chi connectivity index (χ0) is 16.9. The Morgan fingerprint density at radius 2 is 1.65 bits per heavy atom. The molecule has 11 heteroatoms. The Hall–Kier alpha value is -0.640. The molecule has 1 saturated heterocycles. The molecule has 2 heterocycles. The van der Waals surface area contributed by atoms with Gasteiger partial charge >= 0.3 is 0 Å². The highest BCUT2D eigenvalue weighted by Crippen LogP contribution is 2.37. The molecular weight excluding hydrogens is 369 g/mol. The molecule has 0 aliphatic carbocycles. The van der Waals surface area contributed by atoms with Crippen molar-refractivity contribution in [1.82, 2.24) is 15.0 Å². The Bertz CT molecular complexity index is 505. The van der Waals surface area contributed by atoms with Crippen LogP contribution in [0.5, 0.6) is 0 Å². The number of hydrogen-bond donors (Lipinski definition) is 2. The highest BCUT2D eigenvalue weighted by molar-refractivity contribution is 6.66. The normalized spacial score (nSPS) is 15.8. The van der Waals surface area contributed by atoms with Gasteiger partial charge in [-0.1, -0.05) is 34.8 Å². The van der Waals surface area contributed by atoms with E-state index >= 15 is 0 Å². The van der Waals surface area contributed by atoms with E-state index in [9.17, 15) is 10.2 Å². The number of morpholine rings is 1. The second kappa shape index (κ2) is 8.46. The van der Waals surface area contributed by atoms with Crippen molar-refractivity contribution < 1.29 is 14.9 Å². The third kappa shape index (κ3) is 5.17. The van der Waals surface area contributed by atoms with Gasteiger partial charge in [0.05, 0.1) is 26.4 Å². The maximum absolute atomic E-state index is 9.17. The molecule has 0 bridgehead atoms. The second-order valence-corrected chi connectivity index (χ2v) is 7.07. The van der Waals surface area contributed by atoms with Gasteiger partial charge in [-0.05, 0) is 0 Å². The molecule has 1 aromatic rings. The second-order valence-electron chi connectivity index (χ2n) is 4.79. The van der Waals surface area contributed by atoms with Crippen LogP contribution in [-0.2, 0) is 8.53 Å². The number of hydrogen-bond acceptors (Lipinski definition) is 8. The zero-order valence-electron chi connectivity index (χ0n) is 12.3. The van der Waals surface area contributed by atoms with Crippen LogP contribution >= 0.6 is 34.8 Å². The van der Waals surface area contributed by atoms with Crippen LogP contribution in [0.4, 0.5) is 11.9 Å². The van der Waals surface area contributed by atoms with Crippen LogP contribution in [0.2, 0.25) is 0 Å². The first-order valence-electron chi connectivity index (χ1n) is 7.08. The fourth-order valence-electron chi connectivity index (χ4n) is 2.08. The van der Waals surface area contributed by atoms with E-state index in [0.29, 0.717) is 32.3 Å². The summed E-state index contributed by atoms with van der Waals surface area (Å²) in [5.74, 6) is 0.612. The monoisotopic (exact) mass is 385 g/mol. The molecule has 0 amide bonds. The number of alkyl halides is 3. The van der Waals surface area contributed by atoms with Crippen molar-refractivity contribution in [3.8, 4) is 0 Å². The molecule has 2 rings (SSSR count). The minimum absolute atomic E-state index is 0.00475. The van der Waals surface area contributed by atoms with E-state index < -0.39 is 3.79 Å². The van der Waals surface area contributed by atoms with Gasteiger partial charge in [0.25, 0.3) is 0 Å². The van der Waals surface area contributed by atoms with Gasteiger partial charge in [0.15, 0.2) is 5.82 Å². The maximum Gasteiger partial charge on any atom is 0.250 e. The van der Waals surface area contributed by atoms with Crippen LogP contribution in [0.1, 0.15) is 5.82 Å². The van der Waals surface area contributed by atoms with Gasteiger partial charge in [0.1, 0.15) is 0 Å². The molecule has 0 saturated carbocycles. The summed E-state index contributed by atoms with van der Waals surface area (Å²) in [4.78, 5) is 16.3. The van der Waals surface area contributed by atoms with Gasteiger partial charge in [-0.15, -0.1) is 0 Å². The maximum atomic E-state index is 9.17. The van der Waals surface area contributed by atoms with Crippen molar-refractivity contribution in [2.24, 2.45) is 0 Å². The van der Waals surface area contributed by atoms with E-state index in [1.54, 1.807) is 4.90 Å². The fraction of sp³-hybridized carbons (Fsp3) is 0.750. The number of aromatic nitrogens is 3. The van der Waals surface area contributed by atoms with Crippen molar-refractivity contribution in [3.05, 3.63) is 5.82 Å². The Kier molecular flexibility index (Phi) is 6.87. The van der Waals surface area contributed by atoms with Crippen molar-refractivity contribution in [2.75, 3.05) is 62.4 Å². The number of nitrogens with zero attached hydrogens (tertiary/aromatic N) is 5. The molecule has 8 nitrogen and oxygen atoms in total. The largest absolute Gasteiger partial charge is 0.395 e. The summed E-state index contributed by atoms with van der Waals surface area (Å²) in [6, 6.07) is 0.